The van der Waals surface area contributed by atoms with E-state index in [-0.39, 0.29) is 18.4 Å². The van der Waals surface area contributed by atoms with E-state index in [0.717, 1.165) is 22.6 Å². The summed E-state index contributed by atoms with van der Waals surface area (Å²) < 4.78 is 10.7. The molecule has 0 bridgehead atoms. The van der Waals surface area contributed by atoms with Gasteiger partial charge < -0.3 is 19.7 Å². The minimum atomic E-state index is -0.232. The van der Waals surface area contributed by atoms with Crippen LogP contribution in [0.3, 0.4) is 0 Å². The number of nitrogens with one attached hydrogen (secondary N) is 1. The third-order valence-electron chi connectivity index (χ3n) is 4.09. The van der Waals surface area contributed by atoms with E-state index in [9.17, 15) is 9.59 Å². The summed E-state index contributed by atoms with van der Waals surface area (Å²) in [4.78, 5) is 25.8. The number of anilines is 1. The van der Waals surface area contributed by atoms with Crippen LogP contribution < -0.4 is 19.7 Å². The molecular weight excluding hydrogens is 344 g/mol. The number of carbonyl (C=O) groups excluding carboxylic acids is 2. The monoisotopic (exact) mass is 370 g/mol. The lowest BCUT2D eigenvalue weighted by atomic mass is 10.1. The van der Waals surface area contributed by atoms with Crippen LogP contribution >= 0.6 is 0 Å². The van der Waals surface area contributed by atoms with Crippen LogP contribution in [-0.2, 0) is 9.59 Å². The number of ether oxygens (including phenoxy) is 2. The minimum Gasteiger partial charge on any atom is -0.497 e. The van der Waals surface area contributed by atoms with Crippen molar-refractivity contribution < 1.29 is 19.1 Å². The molecule has 0 saturated heterocycles. The van der Waals surface area contributed by atoms with Crippen molar-refractivity contribution in [2.24, 2.45) is 0 Å². The van der Waals surface area contributed by atoms with Crippen LogP contribution in [0.1, 0.15) is 18.1 Å². The number of rotatable bonds is 8. The van der Waals surface area contributed by atoms with Crippen LogP contribution in [0.4, 0.5) is 5.69 Å². The topological polar surface area (TPSA) is 67.9 Å². The molecule has 2 amide bonds. The molecule has 0 radical (unpaired) electrons. The Balaban J connectivity index is 1.85. The summed E-state index contributed by atoms with van der Waals surface area (Å²) in [7, 11) is 1.61. The van der Waals surface area contributed by atoms with Crippen LogP contribution in [0, 0.1) is 13.8 Å². The van der Waals surface area contributed by atoms with E-state index < -0.39 is 0 Å². The van der Waals surface area contributed by atoms with Crippen molar-refractivity contribution in [3.05, 3.63) is 53.6 Å². The lowest BCUT2D eigenvalue weighted by Crippen LogP contribution is -2.41. The van der Waals surface area contributed by atoms with Gasteiger partial charge in [-0.1, -0.05) is 12.1 Å². The van der Waals surface area contributed by atoms with E-state index in [1.54, 1.807) is 19.2 Å². The summed E-state index contributed by atoms with van der Waals surface area (Å²) >= 11 is 0. The van der Waals surface area contributed by atoms with Crippen LogP contribution in [-0.4, -0.2) is 38.6 Å². The summed E-state index contributed by atoms with van der Waals surface area (Å²) in [5, 5.41) is 2.78. The predicted molar refractivity (Wildman–Crippen MR) is 105 cm³/mol. The van der Waals surface area contributed by atoms with Crippen molar-refractivity contribution in [2.45, 2.75) is 20.8 Å². The van der Waals surface area contributed by atoms with Crippen LogP contribution in [0.25, 0.3) is 0 Å². The van der Waals surface area contributed by atoms with Gasteiger partial charge in [-0.3, -0.25) is 9.59 Å². The molecule has 0 unspecified atom stereocenters. The molecule has 6 heteroatoms. The average molecular weight is 370 g/mol. The standard InChI is InChI=1S/C21H26N2O4/c1-15-5-6-16(2)20(13-15)23(17(3)24)14-21(25)22-11-12-27-19-9-7-18(26-4)8-10-19/h5-10,13H,11-12,14H2,1-4H3,(H,22,25). The number of nitrogens with zero attached hydrogens (tertiary/aromatic N) is 1. The Kier molecular flexibility index (Phi) is 7.23. The molecule has 0 aliphatic rings. The highest BCUT2D eigenvalue weighted by Gasteiger charge is 2.17. The highest BCUT2D eigenvalue weighted by molar-refractivity contribution is 5.98. The molecule has 0 atom stereocenters. The van der Waals surface area contributed by atoms with Crippen molar-refractivity contribution in [2.75, 3.05) is 31.7 Å². The molecular formula is C21H26N2O4. The highest BCUT2D eigenvalue weighted by atomic mass is 16.5. The molecule has 27 heavy (non-hydrogen) atoms. The molecule has 144 valence electrons. The maximum absolute atomic E-state index is 12.2. The number of carbonyl (C=O) groups is 2. The van der Waals surface area contributed by atoms with Gasteiger partial charge in [-0.15, -0.1) is 0 Å². The molecule has 0 heterocycles. The first kappa shape index (κ1) is 20.3. The molecule has 2 aromatic carbocycles. The van der Waals surface area contributed by atoms with E-state index in [0.29, 0.717) is 18.9 Å². The molecule has 0 aliphatic heterocycles. The van der Waals surface area contributed by atoms with E-state index in [1.807, 2.05) is 44.2 Å². The fourth-order valence-electron chi connectivity index (χ4n) is 2.61. The van der Waals surface area contributed by atoms with Crippen molar-refractivity contribution in [1.82, 2.24) is 5.32 Å². The van der Waals surface area contributed by atoms with Gasteiger partial charge in [0.1, 0.15) is 24.7 Å². The van der Waals surface area contributed by atoms with Gasteiger partial charge in [-0.2, -0.15) is 0 Å². The first-order valence-corrected chi connectivity index (χ1v) is 8.79. The van der Waals surface area contributed by atoms with E-state index in [2.05, 4.69) is 5.32 Å². The first-order chi connectivity index (χ1) is 12.9. The number of benzene rings is 2. The summed E-state index contributed by atoms with van der Waals surface area (Å²) in [5.41, 5.74) is 2.74. The van der Waals surface area contributed by atoms with Gasteiger partial charge in [-0.05, 0) is 55.3 Å². The Labute approximate surface area is 160 Å². The molecule has 2 rings (SSSR count). The number of hydrogen-bond donors (Lipinski definition) is 1. The highest BCUT2D eigenvalue weighted by Crippen LogP contribution is 2.21. The fraction of sp³-hybridized carbons (Fsp3) is 0.333. The van der Waals surface area contributed by atoms with Crippen LogP contribution in [0.15, 0.2) is 42.5 Å². The second-order valence-corrected chi connectivity index (χ2v) is 6.27. The molecule has 2 aromatic rings. The molecule has 0 aliphatic carbocycles. The first-order valence-electron chi connectivity index (χ1n) is 8.79. The van der Waals surface area contributed by atoms with Gasteiger partial charge in [0.2, 0.25) is 11.8 Å². The van der Waals surface area contributed by atoms with Crippen molar-refractivity contribution >= 4 is 17.5 Å². The van der Waals surface area contributed by atoms with Crippen molar-refractivity contribution in [1.29, 1.82) is 0 Å². The van der Waals surface area contributed by atoms with Gasteiger partial charge in [0.25, 0.3) is 0 Å². The normalized spacial score (nSPS) is 10.2. The largest absolute Gasteiger partial charge is 0.497 e. The number of methoxy groups -OCH3 is 1. The van der Waals surface area contributed by atoms with Gasteiger partial charge in [-0.25, -0.2) is 0 Å². The van der Waals surface area contributed by atoms with E-state index >= 15 is 0 Å². The zero-order valence-electron chi connectivity index (χ0n) is 16.2. The van der Waals surface area contributed by atoms with Crippen LogP contribution in [0.5, 0.6) is 11.5 Å². The Bertz CT molecular complexity index is 787. The second-order valence-electron chi connectivity index (χ2n) is 6.27. The molecule has 0 fully saturated rings. The zero-order chi connectivity index (χ0) is 19.8. The third kappa shape index (κ3) is 6.02. The summed E-state index contributed by atoms with van der Waals surface area (Å²) in [5.74, 6) is 1.05. The third-order valence-corrected chi connectivity index (χ3v) is 4.09. The molecule has 0 spiro atoms. The average Bonchev–Trinajstić information content (AvgIpc) is 2.65. The molecule has 1 N–H and O–H groups in total. The quantitative estimate of drug-likeness (QED) is 0.726. The Hall–Kier alpha value is -3.02. The number of amides is 2. The zero-order valence-corrected chi connectivity index (χ0v) is 16.2. The van der Waals surface area contributed by atoms with E-state index in [1.165, 1.54) is 11.8 Å². The minimum absolute atomic E-state index is 0.0256. The van der Waals surface area contributed by atoms with E-state index in [4.69, 9.17) is 9.47 Å². The predicted octanol–water partition coefficient (Wildman–Crippen LogP) is 2.86. The SMILES string of the molecule is COc1ccc(OCCNC(=O)CN(C(C)=O)c2cc(C)ccc2C)cc1. The maximum Gasteiger partial charge on any atom is 0.240 e. The number of aryl methyl sites for hydroxylation is 2. The lowest BCUT2D eigenvalue weighted by molar-refractivity contribution is -0.123. The Morgan fingerprint density at radius 2 is 1.70 bits per heavy atom. The van der Waals surface area contributed by atoms with Crippen LogP contribution in [0.2, 0.25) is 0 Å². The molecule has 0 aromatic heterocycles. The summed E-state index contributed by atoms with van der Waals surface area (Å²) in [6.45, 7) is 6.00. The smallest absolute Gasteiger partial charge is 0.240 e. The van der Waals surface area contributed by atoms with Gasteiger partial charge in [0.05, 0.1) is 13.7 Å². The Morgan fingerprint density at radius 3 is 2.33 bits per heavy atom. The second kappa shape index (κ2) is 9.62. The van der Waals surface area contributed by atoms with Gasteiger partial charge >= 0.3 is 0 Å². The van der Waals surface area contributed by atoms with Crippen molar-refractivity contribution in [3.8, 4) is 11.5 Å². The summed E-state index contributed by atoms with van der Waals surface area (Å²) in [6, 6.07) is 13.1. The van der Waals surface area contributed by atoms with Crippen molar-refractivity contribution in [3.63, 3.8) is 0 Å². The summed E-state index contributed by atoms with van der Waals surface area (Å²) in [6.07, 6.45) is 0. The molecule has 6 nitrogen and oxygen atoms in total. The maximum atomic E-state index is 12.2. The lowest BCUT2D eigenvalue weighted by Gasteiger charge is -2.23. The van der Waals surface area contributed by atoms with Gasteiger partial charge in [0, 0.05) is 12.6 Å². The molecule has 0 saturated carbocycles. The fourth-order valence-corrected chi connectivity index (χ4v) is 2.61. The van der Waals surface area contributed by atoms with Gasteiger partial charge in [0.15, 0.2) is 0 Å². The number of hydrogen-bond acceptors (Lipinski definition) is 4. The Morgan fingerprint density at radius 1 is 1.04 bits per heavy atom.